The third kappa shape index (κ3) is 3.46. The van der Waals surface area contributed by atoms with Gasteiger partial charge in [-0.3, -0.25) is 0 Å². The summed E-state index contributed by atoms with van der Waals surface area (Å²) in [5, 5.41) is 0. The first kappa shape index (κ1) is 18.0. The average Bonchev–Trinajstić information content (AvgIpc) is 2.53. The number of methoxy groups -OCH3 is 2. The minimum absolute atomic E-state index is 0.156. The molecule has 6 nitrogen and oxygen atoms in total. The van der Waals surface area contributed by atoms with Crippen LogP contribution in [0, 0.1) is 12.8 Å². The molecule has 1 aromatic carbocycles. The monoisotopic (exact) mass is 342 g/mol. The number of nitrogens with two attached hydrogens (primary N) is 1. The fourth-order valence-electron chi connectivity index (χ4n) is 3.13. The van der Waals surface area contributed by atoms with Crippen molar-refractivity contribution in [2.24, 2.45) is 11.7 Å². The summed E-state index contributed by atoms with van der Waals surface area (Å²) in [5.74, 6) is 1.42. The van der Waals surface area contributed by atoms with Crippen molar-refractivity contribution in [3.8, 4) is 11.5 Å². The lowest BCUT2D eigenvalue weighted by atomic mass is 9.94. The Labute approximate surface area is 138 Å². The maximum absolute atomic E-state index is 13.1. The number of ether oxygens (including phenoxy) is 2. The van der Waals surface area contributed by atoms with Gasteiger partial charge in [-0.15, -0.1) is 0 Å². The molecule has 1 saturated heterocycles. The van der Waals surface area contributed by atoms with Crippen LogP contribution in [0.4, 0.5) is 0 Å². The van der Waals surface area contributed by atoms with Gasteiger partial charge in [0.2, 0.25) is 10.0 Å². The molecule has 1 fully saturated rings. The minimum atomic E-state index is -3.62. The Bertz CT molecular complexity index is 660. The molecule has 130 valence electrons. The minimum Gasteiger partial charge on any atom is -0.493 e. The van der Waals surface area contributed by atoms with Gasteiger partial charge in [0.15, 0.2) is 11.5 Å². The van der Waals surface area contributed by atoms with Crippen LogP contribution in [0.3, 0.4) is 0 Å². The van der Waals surface area contributed by atoms with Crippen molar-refractivity contribution < 1.29 is 17.9 Å². The van der Waals surface area contributed by atoms with Gasteiger partial charge in [0.05, 0.1) is 19.1 Å². The molecule has 7 heteroatoms. The third-order valence-electron chi connectivity index (χ3n) is 4.46. The summed E-state index contributed by atoms with van der Waals surface area (Å²) in [6.45, 7) is 4.72. The summed E-state index contributed by atoms with van der Waals surface area (Å²) in [5.41, 5.74) is 6.46. The molecule has 0 aliphatic carbocycles. The van der Waals surface area contributed by atoms with Crippen molar-refractivity contribution in [2.75, 3.05) is 27.3 Å². The normalized spacial score (nSPS) is 22.8. The van der Waals surface area contributed by atoms with Crippen LogP contribution in [-0.4, -0.2) is 46.1 Å². The van der Waals surface area contributed by atoms with Crippen LogP contribution in [0.15, 0.2) is 17.0 Å². The molecule has 0 bridgehead atoms. The van der Waals surface area contributed by atoms with Gasteiger partial charge in [0, 0.05) is 25.2 Å². The zero-order valence-corrected chi connectivity index (χ0v) is 15.0. The second-order valence-electron chi connectivity index (χ2n) is 6.11. The zero-order valence-electron chi connectivity index (χ0n) is 14.2. The van der Waals surface area contributed by atoms with E-state index in [2.05, 4.69) is 6.92 Å². The summed E-state index contributed by atoms with van der Waals surface area (Å²) in [4.78, 5) is 0.253. The van der Waals surface area contributed by atoms with Crippen molar-refractivity contribution in [1.29, 1.82) is 0 Å². The molecule has 1 aromatic rings. The molecule has 0 radical (unpaired) electrons. The molecule has 0 aromatic heterocycles. The SMILES string of the molecule is COc1cc(C)c(S(=O)(=O)N2CCC(C)CC2CN)cc1OC. The zero-order chi connectivity index (χ0) is 17.2. The Balaban J connectivity index is 2.47. The van der Waals surface area contributed by atoms with Gasteiger partial charge in [-0.1, -0.05) is 6.92 Å². The first-order valence-electron chi connectivity index (χ1n) is 7.79. The van der Waals surface area contributed by atoms with Gasteiger partial charge in [-0.25, -0.2) is 8.42 Å². The van der Waals surface area contributed by atoms with Crippen LogP contribution in [0.1, 0.15) is 25.3 Å². The van der Waals surface area contributed by atoms with E-state index in [0.717, 1.165) is 12.8 Å². The first-order chi connectivity index (χ1) is 10.8. The lowest BCUT2D eigenvalue weighted by Crippen LogP contribution is -2.49. The molecule has 2 unspecified atom stereocenters. The van der Waals surface area contributed by atoms with Crippen molar-refractivity contribution in [3.63, 3.8) is 0 Å². The molecule has 2 rings (SSSR count). The second-order valence-corrected chi connectivity index (χ2v) is 7.97. The number of nitrogens with zero attached hydrogens (tertiary/aromatic N) is 1. The van der Waals surface area contributed by atoms with Crippen LogP contribution in [-0.2, 0) is 10.0 Å². The summed E-state index contributed by atoms with van der Waals surface area (Å²) in [6.07, 6.45) is 1.64. The van der Waals surface area contributed by atoms with Crippen molar-refractivity contribution in [3.05, 3.63) is 17.7 Å². The number of hydrogen-bond acceptors (Lipinski definition) is 5. The van der Waals surface area contributed by atoms with E-state index in [0.29, 0.717) is 36.1 Å². The molecule has 1 aliphatic heterocycles. The number of hydrogen-bond donors (Lipinski definition) is 1. The fraction of sp³-hybridized carbons (Fsp3) is 0.625. The molecule has 0 amide bonds. The van der Waals surface area contributed by atoms with Crippen LogP contribution in [0.25, 0.3) is 0 Å². The molecule has 1 heterocycles. The van der Waals surface area contributed by atoms with Gasteiger partial charge in [-0.2, -0.15) is 4.31 Å². The Morgan fingerprint density at radius 3 is 2.43 bits per heavy atom. The van der Waals surface area contributed by atoms with E-state index in [4.69, 9.17) is 15.2 Å². The maximum Gasteiger partial charge on any atom is 0.243 e. The Morgan fingerprint density at radius 2 is 1.87 bits per heavy atom. The van der Waals surface area contributed by atoms with Crippen molar-refractivity contribution in [1.82, 2.24) is 4.31 Å². The summed E-state index contributed by atoms with van der Waals surface area (Å²) >= 11 is 0. The highest BCUT2D eigenvalue weighted by atomic mass is 32.2. The van der Waals surface area contributed by atoms with E-state index in [-0.39, 0.29) is 10.9 Å². The molecule has 2 N–H and O–H groups in total. The largest absolute Gasteiger partial charge is 0.493 e. The smallest absolute Gasteiger partial charge is 0.243 e. The molecule has 0 saturated carbocycles. The molecule has 2 atom stereocenters. The van der Waals surface area contributed by atoms with E-state index in [1.165, 1.54) is 20.3 Å². The standard InChI is InChI=1S/C16H26N2O4S/c1-11-5-6-18(13(7-11)10-17)23(19,20)16-9-15(22-4)14(21-3)8-12(16)2/h8-9,11,13H,5-7,10,17H2,1-4H3. The topological polar surface area (TPSA) is 81.9 Å². The summed E-state index contributed by atoms with van der Waals surface area (Å²) < 4.78 is 38.3. The van der Waals surface area contributed by atoms with Gasteiger partial charge in [0.1, 0.15) is 0 Å². The Hall–Kier alpha value is -1.31. The van der Waals surface area contributed by atoms with Gasteiger partial charge in [-0.05, 0) is 37.3 Å². The highest BCUT2D eigenvalue weighted by Crippen LogP contribution is 2.35. The van der Waals surface area contributed by atoms with E-state index in [1.54, 1.807) is 17.3 Å². The average molecular weight is 342 g/mol. The third-order valence-corrected chi connectivity index (χ3v) is 6.56. The second kappa shape index (κ2) is 7.07. The number of benzene rings is 1. The van der Waals surface area contributed by atoms with Crippen molar-refractivity contribution >= 4 is 10.0 Å². The molecule has 1 aliphatic rings. The predicted molar refractivity (Wildman–Crippen MR) is 89.4 cm³/mol. The molecular formula is C16H26N2O4S. The lowest BCUT2D eigenvalue weighted by molar-refractivity contribution is 0.211. The van der Waals surface area contributed by atoms with Crippen LogP contribution in [0.5, 0.6) is 11.5 Å². The van der Waals surface area contributed by atoms with Crippen LogP contribution < -0.4 is 15.2 Å². The van der Waals surface area contributed by atoms with Gasteiger partial charge in [0.25, 0.3) is 0 Å². The number of aryl methyl sites for hydroxylation is 1. The number of sulfonamides is 1. The summed E-state index contributed by atoms with van der Waals surface area (Å²) in [7, 11) is -0.593. The Morgan fingerprint density at radius 1 is 1.26 bits per heavy atom. The maximum atomic E-state index is 13.1. The molecule has 23 heavy (non-hydrogen) atoms. The van der Waals surface area contributed by atoms with E-state index < -0.39 is 10.0 Å². The Kier molecular flexibility index (Phi) is 5.54. The highest BCUT2D eigenvalue weighted by molar-refractivity contribution is 7.89. The van der Waals surface area contributed by atoms with E-state index in [1.807, 2.05) is 0 Å². The lowest BCUT2D eigenvalue weighted by Gasteiger charge is -2.37. The highest BCUT2D eigenvalue weighted by Gasteiger charge is 2.36. The van der Waals surface area contributed by atoms with Crippen molar-refractivity contribution in [2.45, 2.75) is 37.6 Å². The van der Waals surface area contributed by atoms with Gasteiger partial charge >= 0.3 is 0 Å². The number of rotatable bonds is 5. The first-order valence-corrected chi connectivity index (χ1v) is 9.23. The summed E-state index contributed by atoms with van der Waals surface area (Å²) in [6, 6.07) is 3.07. The van der Waals surface area contributed by atoms with E-state index in [9.17, 15) is 8.42 Å². The number of piperidine rings is 1. The van der Waals surface area contributed by atoms with Crippen LogP contribution >= 0.6 is 0 Å². The van der Waals surface area contributed by atoms with Gasteiger partial charge < -0.3 is 15.2 Å². The molecular weight excluding hydrogens is 316 g/mol. The van der Waals surface area contributed by atoms with E-state index >= 15 is 0 Å². The van der Waals surface area contributed by atoms with Crippen LogP contribution in [0.2, 0.25) is 0 Å². The fourth-order valence-corrected chi connectivity index (χ4v) is 5.01. The molecule has 0 spiro atoms. The predicted octanol–water partition coefficient (Wildman–Crippen LogP) is 1.76. The quantitative estimate of drug-likeness (QED) is 0.882.